The molecule has 1 unspecified atom stereocenters. The Morgan fingerprint density at radius 3 is 2.74 bits per heavy atom. The van der Waals surface area contributed by atoms with E-state index < -0.39 is 0 Å². The smallest absolute Gasteiger partial charge is 0.0954 e. The topological polar surface area (TPSA) is 50.9 Å². The summed E-state index contributed by atoms with van der Waals surface area (Å²) in [5, 5.41) is 4.51. The molecule has 3 N–H and O–H groups in total. The zero-order chi connectivity index (χ0) is 14.0. The lowest BCUT2D eigenvalue weighted by molar-refractivity contribution is 0.540. The van der Waals surface area contributed by atoms with Crippen molar-refractivity contribution in [1.29, 1.82) is 0 Å². The van der Waals surface area contributed by atoms with Crippen LogP contribution in [0, 0.1) is 5.92 Å². The summed E-state index contributed by atoms with van der Waals surface area (Å²) in [4.78, 5) is 4.48. The largest absolute Gasteiger partial charge is 0.398 e. The van der Waals surface area contributed by atoms with Crippen molar-refractivity contribution in [1.82, 2.24) is 4.98 Å². The number of anilines is 2. The maximum absolute atomic E-state index is 6.02. The van der Waals surface area contributed by atoms with E-state index >= 15 is 0 Å². The van der Waals surface area contributed by atoms with Crippen LogP contribution in [0.2, 0.25) is 0 Å². The summed E-state index contributed by atoms with van der Waals surface area (Å²) in [7, 11) is 0. The first-order valence-electron chi connectivity index (χ1n) is 6.57. The molecule has 0 saturated carbocycles. The van der Waals surface area contributed by atoms with E-state index in [1.807, 2.05) is 18.2 Å². The third-order valence-corrected chi connectivity index (χ3v) is 3.51. The van der Waals surface area contributed by atoms with Crippen LogP contribution in [-0.4, -0.2) is 11.0 Å². The van der Waals surface area contributed by atoms with Crippen LogP contribution in [0.5, 0.6) is 0 Å². The van der Waals surface area contributed by atoms with Crippen LogP contribution < -0.4 is 11.1 Å². The van der Waals surface area contributed by atoms with E-state index in [1.165, 1.54) is 0 Å². The second kappa shape index (κ2) is 5.78. The quantitative estimate of drug-likeness (QED) is 0.819. The van der Waals surface area contributed by atoms with Gasteiger partial charge in [-0.3, -0.25) is 4.98 Å². The second-order valence-electron chi connectivity index (χ2n) is 5.43. The van der Waals surface area contributed by atoms with E-state index in [2.05, 4.69) is 47.0 Å². The van der Waals surface area contributed by atoms with Gasteiger partial charge in [-0.15, -0.1) is 0 Å². The van der Waals surface area contributed by atoms with Crippen molar-refractivity contribution in [2.24, 2.45) is 5.92 Å². The second-order valence-corrected chi connectivity index (χ2v) is 6.34. The van der Waals surface area contributed by atoms with Gasteiger partial charge in [-0.1, -0.05) is 13.8 Å². The molecular weight excluding hydrogens is 302 g/mol. The van der Waals surface area contributed by atoms with Gasteiger partial charge in [0.25, 0.3) is 0 Å². The number of nitrogens with two attached hydrogens (primary N) is 1. The summed E-state index contributed by atoms with van der Waals surface area (Å²) in [6.45, 7) is 6.66. The van der Waals surface area contributed by atoms with Gasteiger partial charge in [0, 0.05) is 27.8 Å². The highest BCUT2D eigenvalue weighted by atomic mass is 79.9. The molecule has 0 aliphatic rings. The van der Waals surface area contributed by atoms with Crippen molar-refractivity contribution in [3.05, 3.63) is 28.9 Å². The molecule has 0 saturated heterocycles. The molecule has 0 aliphatic heterocycles. The predicted molar refractivity (Wildman–Crippen MR) is 86.4 cm³/mol. The summed E-state index contributed by atoms with van der Waals surface area (Å²) in [6.07, 6.45) is 2.93. The first-order valence-corrected chi connectivity index (χ1v) is 7.37. The van der Waals surface area contributed by atoms with E-state index in [9.17, 15) is 0 Å². The standard InChI is InChI=1S/C15H20BrN3/c1-9(2)6-10(3)19-14-5-4-13(17)12-7-11(16)8-18-15(12)14/h4-5,7-10,19H,6,17H2,1-3H3. The van der Waals surface area contributed by atoms with Gasteiger partial charge < -0.3 is 11.1 Å². The molecule has 0 aliphatic carbocycles. The fraction of sp³-hybridized carbons (Fsp3) is 0.400. The molecular formula is C15H20BrN3. The molecule has 1 atom stereocenters. The maximum Gasteiger partial charge on any atom is 0.0954 e. The van der Waals surface area contributed by atoms with Gasteiger partial charge in [0.2, 0.25) is 0 Å². The Hall–Kier alpha value is -1.29. The molecule has 0 radical (unpaired) electrons. The number of nitrogens with one attached hydrogen (secondary N) is 1. The van der Waals surface area contributed by atoms with Crippen LogP contribution >= 0.6 is 15.9 Å². The number of nitrogen functional groups attached to an aromatic ring is 1. The van der Waals surface area contributed by atoms with Gasteiger partial charge in [-0.25, -0.2) is 0 Å². The van der Waals surface area contributed by atoms with Crippen LogP contribution in [0.4, 0.5) is 11.4 Å². The Balaban J connectivity index is 2.36. The number of aromatic nitrogens is 1. The Kier molecular flexibility index (Phi) is 4.30. The molecule has 0 amide bonds. The Labute approximate surface area is 122 Å². The molecule has 3 nitrogen and oxygen atoms in total. The lowest BCUT2D eigenvalue weighted by Gasteiger charge is -2.18. The van der Waals surface area contributed by atoms with E-state index in [-0.39, 0.29) is 0 Å². The van der Waals surface area contributed by atoms with Crippen molar-refractivity contribution in [2.75, 3.05) is 11.1 Å². The molecule has 2 rings (SSSR count). The normalized spacial score (nSPS) is 12.9. The highest BCUT2D eigenvalue weighted by Gasteiger charge is 2.10. The molecule has 1 aromatic carbocycles. The van der Waals surface area contributed by atoms with Crippen LogP contribution in [0.1, 0.15) is 27.2 Å². The van der Waals surface area contributed by atoms with E-state index in [0.29, 0.717) is 12.0 Å². The average molecular weight is 322 g/mol. The molecule has 2 aromatic rings. The molecule has 4 heteroatoms. The summed E-state index contributed by atoms with van der Waals surface area (Å²) in [5.74, 6) is 0.671. The number of fused-ring (bicyclic) bond motifs is 1. The number of hydrogen-bond donors (Lipinski definition) is 2. The van der Waals surface area contributed by atoms with Crippen molar-refractivity contribution < 1.29 is 0 Å². The summed E-state index contributed by atoms with van der Waals surface area (Å²) in [6, 6.07) is 6.36. The lowest BCUT2D eigenvalue weighted by Crippen LogP contribution is -2.17. The number of nitrogens with zero attached hydrogens (tertiary/aromatic N) is 1. The highest BCUT2D eigenvalue weighted by molar-refractivity contribution is 9.10. The minimum atomic E-state index is 0.414. The third-order valence-electron chi connectivity index (χ3n) is 3.08. The summed E-state index contributed by atoms with van der Waals surface area (Å²) >= 11 is 3.44. The molecule has 0 bridgehead atoms. The SMILES string of the molecule is CC(C)CC(C)Nc1ccc(N)c2cc(Br)cnc12. The van der Waals surface area contributed by atoms with Crippen molar-refractivity contribution in [2.45, 2.75) is 33.2 Å². The minimum Gasteiger partial charge on any atom is -0.398 e. The van der Waals surface area contributed by atoms with Crippen LogP contribution in [0.15, 0.2) is 28.9 Å². The number of rotatable bonds is 4. The summed E-state index contributed by atoms with van der Waals surface area (Å²) < 4.78 is 0.944. The van der Waals surface area contributed by atoms with Crippen molar-refractivity contribution >= 4 is 38.2 Å². The number of halogens is 1. The van der Waals surface area contributed by atoms with Crippen LogP contribution in [-0.2, 0) is 0 Å². The van der Waals surface area contributed by atoms with Gasteiger partial charge >= 0.3 is 0 Å². The van der Waals surface area contributed by atoms with E-state index in [4.69, 9.17) is 5.73 Å². The van der Waals surface area contributed by atoms with Gasteiger partial charge in [0.1, 0.15) is 0 Å². The van der Waals surface area contributed by atoms with Crippen molar-refractivity contribution in [3.8, 4) is 0 Å². The predicted octanol–water partition coefficient (Wildman–Crippen LogP) is 4.43. The fourth-order valence-corrected chi connectivity index (χ4v) is 2.70. The van der Waals surface area contributed by atoms with Gasteiger partial charge in [-0.05, 0) is 53.4 Å². The molecule has 102 valence electrons. The monoisotopic (exact) mass is 321 g/mol. The molecule has 0 fully saturated rings. The first kappa shape index (κ1) is 14.1. The zero-order valence-electron chi connectivity index (χ0n) is 11.6. The summed E-state index contributed by atoms with van der Waals surface area (Å²) in [5.41, 5.74) is 8.75. The molecule has 19 heavy (non-hydrogen) atoms. The number of pyridine rings is 1. The van der Waals surface area contributed by atoms with Gasteiger partial charge in [-0.2, -0.15) is 0 Å². The molecule has 1 aromatic heterocycles. The Morgan fingerprint density at radius 2 is 2.05 bits per heavy atom. The van der Waals surface area contributed by atoms with E-state index in [1.54, 1.807) is 6.20 Å². The first-order chi connectivity index (χ1) is 8.97. The van der Waals surface area contributed by atoms with Crippen LogP contribution in [0.3, 0.4) is 0 Å². The molecule has 0 spiro atoms. The lowest BCUT2D eigenvalue weighted by atomic mass is 10.0. The third kappa shape index (κ3) is 3.38. The number of benzene rings is 1. The molecule has 1 heterocycles. The highest BCUT2D eigenvalue weighted by Crippen LogP contribution is 2.29. The Morgan fingerprint density at radius 1 is 1.32 bits per heavy atom. The maximum atomic E-state index is 6.02. The zero-order valence-corrected chi connectivity index (χ0v) is 13.2. The van der Waals surface area contributed by atoms with Crippen molar-refractivity contribution in [3.63, 3.8) is 0 Å². The van der Waals surface area contributed by atoms with Gasteiger partial charge in [0.05, 0.1) is 11.2 Å². The average Bonchev–Trinajstić information content (AvgIpc) is 2.32. The van der Waals surface area contributed by atoms with Crippen LogP contribution in [0.25, 0.3) is 10.9 Å². The minimum absolute atomic E-state index is 0.414. The fourth-order valence-electron chi connectivity index (χ4n) is 2.36. The van der Waals surface area contributed by atoms with E-state index in [0.717, 1.165) is 33.2 Å². The Bertz CT molecular complexity index is 581. The van der Waals surface area contributed by atoms with Gasteiger partial charge in [0.15, 0.2) is 0 Å². The number of hydrogen-bond acceptors (Lipinski definition) is 3.